The quantitative estimate of drug-likeness (QED) is 0.0546. The number of carbonyl (C=O) groups is 6. The van der Waals surface area contributed by atoms with Gasteiger partial charge in [-0.25, -0.2) is 29.1 Å². The molecule has 2 unspecified atom stereocenters. The fourth-order valence-corrected chi connectivity index (χ4v) is 3.38. The highest BCUT2D eigenvalue weighted by molar-refractivity contribution is 6.08. The zero-order chi connectivity index (χ0) is 29.4. The van der Waals surface area contributed by atoms with Crippen molar-refractivity contribution in [1.82, 2.24) is 40.2 Å². The molecule has 0 aliphatic carbocycles. The van der Waals surface area contributed by atoms with Crippen LogP contribution in [0.4, 0.5) is 19.2 Å². The average molecular weight is 556 g/mol. The minimum absolute atomic E-state index is 0.102. The topological polar surface area (TPSA) is 308 Å². The first-order valence-corrected chi connectivity index (χ1v) is 10.2. The van der Waals surface area contributed by atoms with Crippen molar-refractivity contribution in [3.8, 4) is 0 Å². The number of amides is 10. The van der Waals surface area contributed by atoms with Gasteiger partial charge >= 0.3 is 24.1 Å². The summed E-state index contributed by atoms with van der Waals surface area (Å²) in [5.74, 6) is -2.10. The standard InChI is InChI=1S/2C8H14N4O7/c13-1-8(11(3-15)6(18)9-2-14)5(17)10-7(19)12(8)4-16;1-9(19)7(17)10(2-13)5-6(16)12(4-15)8(18)11(5)3-14/h13-16H,1-4H2,(H,9,18)(H,10,17,19);5,13-15,19H,2-4H2,1H3. The Labute approximate surface area is 212 Å². The van der Waals surface area contributed by atoms with Gasteiger partial charge in [0.25, 0.3) is 11.8 Å². The van der Waals surface area contributed by atoms with E-state index in [0.29, 0.717) is 24.5 Å². The number of rotatable bonds is 9. The molecule has 2 aliphatic heterocycles. The Morgan fingerprint density at radius 1 is 0.974 bits per heavy atom. The van der Waals surface area contributed by atoms with E-state index in [1.165, 1.54) is 0 Å². The number of aliphatic hydroxyl groups is 7. The van der Waals surface area contributed by atoms with Crippen LogP contribution in [0.1, 0.15) is 0 Å². The Bertz CT molecular complexity index is 921. The van der Waals surface area contributed by atoms with Crippen molar-refractivity contribution in [2.45, 2.75) is 11.8 Å². The molecule has 10 amide bonds. The molecule has 2 atom stereocenters. The lowest BCUT2D eigenvalue weighted by Crippen LogP contribution is -2.68. The summed E-state index contributed by atoms with van der Waals surface area (Å²) >= 11 is 0. The number of imide groups is 2. The van der Waals surface area contributed by atoms with E-state index in [9.17, 15) is 33.9 Å². The van der Waals surface area contributed by atoms with E-state index in [2.05, 4.69) is 0 Å². The summed E-state index contributed by atoms with van der Waals surface area (Å²) in [6, 6.07) is -4.32. The molecule has 38 heavy (non-hydrogen) atoms. The van der Waals surface area contributed by atoms with Crippen LogP contribution < -0.4 is 10.6 Å². The summed E-state index contributed by atoms with van der Waals surface area (Å²) in [4.78, 5) is 72.1. The predicted molar refractivity (Wildman–Crippen MR) is 113 cm³/mol. The average Bonchev–Trinajstić information content (AvgIpc) is 3.27. The lowest BCUT2D eigenvalue weighted by atomic mass is 10.1. The molecule has 0 bridgehead atoms. The number of nitrogens with zero attached hydrogens (tertiary/aromatic N) is 6. The van der Waals surface area contributed by atoms with Gasteiger partial charge in [-0.05, 0) is 0 Å². The normalized spacial score (nSPS) is 20.8. The summed E-state index contributed by atoms with van der Waals surface area (Å²) in [5, 5.41) is 76.0. The van der Waals surface area contributed by atoms with E-state index >= 15 is 0 Å². The van der Waals surface area contributed by atoms with Crippen molar-refractivity contribution in [3.05, 3.63) is 0 Å². The first kappa shape index (κ1) is 32.1. The third kappa shape index (κ3) is 5.65. The number of carbonyl (C=O) groups excluding carboxylic acids is 6. The second-order valence-electron chi connectivity index (χ2n) is 7.11. The monoisotopic (exact) mass is 556 g/mol. The van der Waals surface area contributed by atoms with E-state index in [0.717, 1.165) is 7.05 Å². The van der Waals surface area contributed by atoms with Gasteiger partial charge in [-0.3, -0.25) is 39.7 Å². The molecule has 2 saturated heterocycles. The van der Waals surface area contributed by atoms with Crippen LogP contribution >= 0.6 is 0 Å². The Kier molecular flexibility index (Phi) is 11.5. The fourth-order valence-electron chi connectivity index (χ4n) is 3.38. The lowest BCUT2D eigenvalue weighted by Gasteiger charge is -2.40. The Balaban J connectivity index is 0.000000380. The van der Waals surface area contributed by atoms with Gasteiger partial charge in [0.1, 0.15) is 40.4 Å². The Morgan fingerprint density at radius 3 is 1.97 bits per heavy atom. The van der Waals surface area contributed by atoms with Gasteiger partial charge < -0.3 is 41.1 Å². The van der Waals surface area contributed by atoms with Crippen LogP contribution in [0.5, 0.6) is 0 Å². The van der Waals surface area contributed by atoms with Crippen molar-refractivity contribution < 1.29 is 69.7 Å². The predicted octanol–water partition coefficient (Wildman–Crippen LogP) is -6.74. The molecule has 0 spiro atoms. The van der Waals surface area contributed by atoms with Crippen LogP contribution in [0.25, 0.3) is 0 Å². The summed E-state index contributed by atoms with van der Waals surface area (Å²) < 4.78 is 0. The molecule has 0 aromatic rings. The highest BCUT2D eigenvalue weighted by atomic mass is 16.5. The van der Waals surface area contributed by atoms with E-state index < -0.39 is 94.8 Å². The first-order valence-electron chi connectivity index (χ1n) is 10.2. The SMILES string of the molecule is CN(O)C(=O)N(CO)C1C(=O)N(CO)C(=O)N1CO.O=C(NCO)N(CO)C1(CO)C(=O)NC(=O)N1CO. The van der Waals surface area contributed by atoms with Crippen LogP contribution in [0, 0.1) is 0 Å². The third-order valence-corrected chi connectivity index (χ3v) is 5.22. The smallest absolute Gasteiger partial charge is 0.347 e. The van der Waals surface area contributed by atoms with Crippen LogP contribution in [0.15, 0.2) is 0 Å². The van der Waals surface area contributed by atoms with Crippen molar-refractivity contribution in [3.63, 3.8) is 0 Å². The highest BCUT2D eigenvalue weighted by Crippen LogP contribution is 2.25. The van der Waals surface area contributed by atoms with Crippen molar-refractivity contribution >= 4 is 35.9 Å². The van der Waals surface area contributed by atoms with Gasteiger partial charge in [0.2, 0.25) is 5.66 Å². The maximum atomic E-state index is 11.8. The maximum absolute atomic E-state index is 11.8. The number of hydroxylamine groups is 2. The molecule has 2 fully saturated rings. The van der Waals surface area contributed by atoms with Crippen LogP contribution in [0.2, 0.25) is 0 Å². The first-order chi connectivity index (χ1) is 17.9. The molecule has 0 radical (unpaired) electrons. The van der Waals surface area contributed by atoms with E-state index in [4.69, 9.17) is 35.8 Å². The van der Waals surface area contributed by atoms with Gasteiger partial charge in [-0.15, -0.1) is 0 Å². The Morgan fingerprint density at radius 2 is 1.58 bits per heavy atom. The number of aliphatic hydroxyl groups excluding tert-OH is 7. The molecular formula is C16H28N8O14. The molecule has 2 heterocycles. The molecule has 22 heteroatoms. The molecule has 0 aromatic carbocycles. The van der Waals surface area contributed by atoms with Gasteiger partial charge in [-0.2, -0.15) is 0 Å². The molecule has 216 valence electrons. The zero-order valence-corrected chi connectivity index (χ0v) is 19.7. The van der Waals surface area contributed by atoms with Crippen molar-refractivity contribution in [1.29, 1.82) is 0 Å². The number of urea groups is 4. The van der Waals surface area contributed by atoms with E-state index in [-0.39, 0.29) is 5.06 Å². The number of nitrogens with one attached hydrogen (secondary N) is 2. The minimum Gasteiger partial charge on any atom is -0.391 e. The van der Waals surface area contributed by atoms with E-state index in [1.807, 2.05) is 5.32 Å². The Hall–Kier alpha value is -3.90. The summed E-state index contributed by atoms with van der Waals surface area (Å²) in [7, 11) is 0.958. The minimum atomic E-state index is -2.28. The van der Waals surface area contributed by atoms with Gasteiger partial charge in [0.15, 0.2) is 6.17 Å². The van der Waals surface area contributed by atoms with Crippen molar-refractivity contribution in [2.24, 2.45) is 0 Å². The van der Waals surface area contributed by atoms with Crippen molar-refractivity contribution in [2.75, 3.05) is 54.0 Å². The largest absolute Gasteiger partial charge is 0.391 e. The van der Waals surface area contributed by atoms with Gasteiger partial charge in [0, 0.05) is 7.05 Å². The highest BCUT2D eigenvalue weighted by Gasteiger charge is 2.58. The third-order valence-electron chi connectivity index (χ3n) is 5.22. The molecular weight excluding hydrogens is 528 g/mol. The number of hydrogen-bond acceptors (Lipinski definition) is 14. The molecule has 10 N–H and O–H groups in total. The molecule has 0 aromatic heterocycles. The van der Waals surface area contributed by atoms with Crippen LogP contribution in [-0.4, -0.2) is 172 Å². The molecule has 2 aliphatic rings. The van der Waals surface area contributed by atoms with Gasteiger partial charge in [-0.1, -0.05) is 0 Å². The summed E-state index contributed by atoms with van der Waals surface area (Å²) in [6.45, 7) is -6.68. The van der Waals surface area contributed by atoms with E-state index in [1.54, 1.807) is 5.32 Å². The summed E-state index contributed by atoms with van der Waals surface area (Å²) in [5.41, 5.74) is -2.28. The molecule has 0 saturated carbocycles. The zero-order valence-electron chi connectivity index (χ0n) is 19.7. The maximum Gasteiger partial charge on any atom is 0.347 e. The number of hydrogen-bond donors (Lipinski definition) is 10. The van der Waals surface area contributed by atoms with Gasteiger partial charge in [0.05, 0.1) is 6.61 Å². The lowest BCUT2D eigenvalue weighted by molar-refractivity contribution is -0.147. The second kappa shape index (κ2) is 13.6. The van der Waals surface area contributed by atoms with Crippen LogP contribution in [-0.2, 0) is 9.59 Å². The second-order valence-corrected chi connectivity index (χ2v) is 7.11. The fraction of sp³-hybridized carbons (Fsp3) is 0.625. The molecule has 2 rings (SSSR count). The molecule has 22 nitrogen and oxygen atoms in total. The summed E-state index contributed by atoms with van der Waals surface area (Å²) in [6.07, 6.45) is -1.64. The van der Waals surface area contributed by atoms with Crippen LogP contribution in [0.3, 0.4) is 0 Å².